The Bertz CT molecular complexity index is 615. The number of ether oxygens (including phenoxy) is 2. The summed E-state index contributed by atoms with van der Waals surface area (Å²) in [6.45, 7) is 1.39. The van der Waals surface area contributed by atoms with E-state index in [0.717, 1.165) is 36.1 Å². The summed E-state index contributed by atoms with van der Waals surface area (Å²) in [7, 11) is 1.63. The van der Waals surface area contributed by atoms with Crippen LogP contribution >= 0.6 is 0 Å². The van der Waals surface area contributed by atoms with E-state index in [4.69, 9.17) is 9.47 Å². The highest BCUT2D eigenvalue weighted by molar-refractivity contribution is 5.98. The number of H-pyrrole nitrogens is 1. The fraction of sp³-hybridized carbons (Fsp3) is 0.400. The van der Waals surface area contributed by atoms with Crippen molar-refractivity contribution in [1.82, 2.24) is 10.3 Å². The third-order valence-corrected chi connectivity index (χ3v) is 3.57. The van der Waals surface area contributed by atoms with Gasteiger partial charge in [0.2, 0.25) is 0 Å². The number of hydrogen-bond acceptors (Lipinski definition) is 3. The van der Waals surface area contributed by atoms with E-state index in [-0.39, 0.29) is 11.9 Å². The van der Waals surface area contributed by atoms with Crippen LogP contribution in [0.25, 0.3) is 10.9 Å². The second-order valence-electron chi connectivity index (χ2n) is 5.02. The van der Waals surface area contributed by atoms with Crippen LogP contribution in [-0.2, 0) is 4.74 Å². The average Bonchev–Trinajstić information content (AvgIpc) is 2.91. The zero-order chi connectivity index (χ0) is 13.9. The summed E-state index contributed by atoms with van der Waals surface area (Å²) >= 11 is 0. The minimum Gasteiger partial charge on any atom is -0.497 e. The first-order valence-electron chi connectivity index (χ1n) is 6.81. The SMILES string of the molecule is COc1ccc2cc(C(=O)NC3CCCOC3)[nH]c2c1. The molecule has 2 N–H and O–H groups in total. The molecule has 1 aromatic heterocycles. The van der Waals surface area contributed by atoms with Crippen molar-refractivity contribution in [3.63, 3.8) is 0 Å². The molecular weight excluding hydrogens is 256 g/mol. The Morgan fingerprint density at radius 1 is 1.45 bits per heavy atom. The molecule has 5 nitrogen and oxygen atoms in total. The topological polar surface area (TPSA) is 63.4 Å². The number of nitrogens with one attached hydrogen (secondary N) is 2. The standard InChI is InChI=1S/C15H18N2O3/c1-19-12-5-4-10-7-14(17-13(10)8-12)15(18)16-11-3-2-6-20-9-11/h4-5,7-8,11,17H,2-3,6,9H2,1H3,(H,16,18). The van der Waals surface area contributed by atoms with Gasteiger partial charge in [0.1, 0.15) is 11.4 Å². The van der Waals surface area contributed by atoms with E-state index >= 15 is 0 Å². The van der Waals surface area contributed by atoms with Crippen molar-refractivity contribution in [1.29, 1.82) is 0 Å². The molecule has 1 saturated heterocycles. The lowest BCUT2D eigenvalue weighted by atomic mass is 10.1. The van der Waals surface area contributed by atoms with Crippen LogP contribution in [0.15, 0.2) is 24.3 Å². The van der Waals surface area contributed by atoms with Crippen LogP contribution < -0.4 is 10.1 Å². The zero-order valence-corrected chi connectivity index (χ0v) is 11.4. The maximum atomic E-state index is 12.2. The number of aromatic amines is 1. The summed E-state index contributed by atoms with van der Waals surface area (Å²) in [5, 5.41) is 3.99. The van der Waals surface area contributed by atoms with E-state index in [9.17, 15) is 4.79 Å². The van der Waals surface area contributed by atoms with E-state index in [1.54, 1.807) is 7.11 Å². The Kier molecular flexibility index (Phi) is 3.60. The third-order valence-electron chi connectivity index (χ3n) is 3.57. The van der Waals surface area contributed by atoms with E-state index < -0.39 is 0 Å². The molecular formula is C15H18N2O3. The summed E-state index contributed by atoms with van der Waals surface area (Å²) in [5.74, 6) is 0.683. The van der Waals surface area contributed by atoms with Crippen LogP contribution in [0, 0.1) is 0 Å². The molecule has 3 rings (SSSR count). The molecule has 0 saturated carbocycles. The molecule has 1 atom stereocenters. The molecule has 1 aromatic carbocycles. The Morgan fingerprint density at radius 3 is 3.10 bits per heavy atom. The van der Waals surface area contributed by atoms with Crippen molar-refractivity contribution in [3.05, 3.63) is 30.0 Å². The summed E-state index contributed by atoms with van der Waals surface area (Å²) in [6, 6.07) is 7.67. The van der Waals surface area contributed by atoms with Gasteiger partial charge in [-0.3, -0.25) is 4.79 Å². The van der Waals surface area contributed by atoms with Gasteiger partial charge in [-0.05, 0) is 31.0 Å². The highest BCUT2D eigenvalue weighted by Crippen LogP contribution is 2.21. The average molecular weight is 274 g/mol. The smallest absolute Gasteiger partial charge is 0.268 e. The first kappa shape index (κ1) is 13.0. The second-order valence-corrected chi connectivity index (χ2v) is 5.02. The summed E-state index contributed by atoms with van der Waals surface area (Å²) < 4.78 is 10.5. The number of carbonyl (C=O) groups excluding carboxylic acids is 1. The largest absolute Gasteiger partial charge is 0.497 e. The molecule has 0 radical (unpaired) electrons. The molecule has 2 heterocycles. The maximum absolute atomic E-state index is 12.2. The lowest BCUT2D eigenvalue weighted by molar-refractivity contribution is 0.0622. The van der Waals surface area contributed by atoms with Crippen LogP contribution in [-0.4, -0.2) is 37.3 Å². The van der Waals surface area contributed by atoms with E-state index in [1.807, 2.05) is 24.3 Å². The zero-order valence-electron chi connectivity index (χ0n) is 11.4. The van der Waals surface area contributed by atoms with Crippen molar-refractivity contribution in [2.75, 3.05) is 20.3 Å². The maximum Gasteiger partial charge on any atom is 0.268 e. The molecule has 1 aliphatic heterocycles. The number of hydrogen-bond donors (Lipinski definition) is 2. The highest BCUT2D eigenvalue weighted by atomic mass is 16.5. The number of amides is 1. The van der Waals surface area contributed by atoms with Crippen LogP contribution in [0.5, 0.6) is 5.75 Å². The number of fused-ring (bicyclic) bond motifs is 1. The Labute approximate surface area is 117 Å². The molecule has 2 aromatic rings. The molecule has 1 fully saturated rings. The van der Waals surface area contributed by atoms with Crippen molar-refractivity contribution < 1.29 is 14.3 Å². The molecule has 1 aliphatic rings. The van der Waals surface area contributed by atoms with Crippen LogP contribution in [0.2, 0.25) is 0 Å². The number of carbonyl (C=O) groups is 1. The first-order valence-corrected chi connectivity index (χ1v) is 6.81. The van der Waals surface area contributed by atoms with Crippen molar-refractivity contribution in [2.45, 2.75) is 18.9 Å². The van der Waals surface area contributed by atoms with E-state index in [2.05, 4.69) is 10.3 Å². The van der Waals surface area contributed by atoms with E-state index in [0.29, 0.717) is 12.3 Å². The van der Waals surface area contributed by atoms with Gasteiger partial charge in [0.15, 0.2) is 0 Å². The summed E-state index contributed by atoms with van der Waals surface area (Å²) in [6.07, 6.45) is 1.97. The summed E-state index contributed by atoms with van der Waals surface area (Å²) in [4.78, 5) is 15.3. The molecule has 0 spiro atoms. The van der Waals surface area contributed by atoms with Crippen LogP contribution in [0.1, 0.15) is 23.3 Å². The van der Waals surface area contributed by atoms with Gasteiger partial charge in [0.25, 0.3) is 5.91 Å². The van der Waals surface area contributed by atoms with Gasteiger partial charge in [-0.2, -0.15) is 0 Å². The molecule has 106 valence electrons. The van der Waals surface area contributed by atoms with Crippen molar-refractivity contribution >= 4 is 16.8 Å². The number of rotatable bonds is 3. The Morgan fingerprint density at radius 2 is 2.35 bits per heavy atom. The number of aromatic nitrogens is 1. The van der Waals surface area contributed by atoms with Gasteiger partial charge in [0, 0.05) is 23.6 Å². The second kappa shape index (κ2) is 5.54. The normalized spacial score (nSPS) is 18.9. The molecule has 0 aliphatic carbocycles. The van der Waals surface area contributed by atoms with Gasteiger partial charge in [-0.1, -0.05) is 0 Å². The van der Waals surface area contributed by atoms with Gasteiger partial charge in [-0.25, -0.2) is 0 Å². The minimum atomic E-state index is -0.0873. The van der Waals surface area contributed by atoms with E-state index in [1.165, 1.54) is 0 Å². The first-order chi connectivity index (χ1) is 9.76. The number of methoxy groups -OCH3 is 1. The summed E-state index contributed by atoms with van der Waals surface area (Å²) in [5.41, 5.74) is 1.47. The fourth-order valence-electron chi connectivity index (χ4n) is 2.47. The molecule has 20 heavy (non-hydrogen) atoms. The monoisotopic (exact) mass is 274 g/mol. The predicted octanol–water partition coefficient (Wildman–Crippen LogP) is 2.09. The molecule has 1 unspecified atom stereocenters. The molecule has 5 heteroatoms. The van der Waals surface area contributed by atoms with Gasteiger partial charge >= 0.3 is 0 Å². The predicted molar refractivity (Wildman–Crippen MR) is 76.2 cm³/mol. The lowest BCUT2D eigenvalue weighted by Crippen LogP contribution is -2.40. The van der Waals surface area contributed by atoms with Crippen LogP contribution in [0.3, 0.4) is 0 Å². The fourth-order valence-corrected chi connectivity index (χ4v) is 2.47. The lowest BCUT2D eigenvalue weighted by Gasteiger charge is -2.22. The van der Waals surface area contributed by atoms with Gasteiger partial charge in [-0.15, -0.1) is 0 Å². The Hall–Kier alpha value is -2.01. The quantitative estimate of drug-likeness (QED) is 0.900. The van der Waals surface area contributed by atoms with Crippen molar-refractivity contribution in [2.24, 2.45) is 0 Å². The van der Waals surface area contributed by atoms with Crippen molar-refractivity contribution in [3.8, 4) is 5.75 Å². The minimum absolute atomic E-state index is 0.0873. The molecule has 0 bridgehead atoms. The van der Waals surface area contributed by atoms with Crippen LogP contribution in [0.4, 0.5) is 0 Å². The Balaban J connectivity index is 1.77. The van der Waals surface area contributed by atoms with Gasteiger partial charge < -0.3 is 19.8 Å². The highest BCUT2D eigenvalue weighted by Gasteiger charge is 2.18. The third kappa shape index (κ3) is 2.63. The number of benzene rings is 1. The molecule has 1 amide bonds. The van der Waals surface area contributed by atoms with Gasteiger partial charge in [0.05, 0.1) is 19.8 Å².